The molecule has 0 unspecified atom stereocenters. The van der Waals surface area contributed by atoms with E-state index < -0.39 is 0 Å². The molecule has 0 saturated carbocycles. The van der Waals surface area contributed by atoms with Gasteiger partial charge < -0.3 is 15.4 Å². The standard InChI is InChI=1S/C25H22BrClN2O2S/c1-2-16-5-10-20(11-6-16)28-25-29-24(30)23(32-25)14-18-7-12-22(21(26)13-18)31-15-17-3-8-19(27)9-4-17/h3-14,25,28H,2,15H2,1H3,(H,29,30)/b23-14-/t25-/m1/s1. The molecule has 0 radical (unpaired) electrons. The first kappa shape index (κ1) is 22.8. The van der Waals surface area contributed by atoms with Gasteiger partial charge in [0.2, 0.25) is 0 Å². The Morgan fingerprint density at radius 1 is 1.09 bits per heavy atom. The van der Waals surface area contributed by atoms with Crippen molar-refractivity contribution in [2.75, 3.05) is 5.32 Å². The number of carbonyl (C=O) groups excluding carboxylic acids is 1. The molecule has 0 aromatic heterocycles. The van der Waals surface area contributed by atoms with Crippen molar-refractivity contribution in [3.63, 3.8) is 0 Å². The van der Waals surface area contributed by atoms with Crippen LogP contribution in [0.2, 0.25) is 5.02 Å². The Bertz CT molecular complexity index is 1130. The molecule has 32 heavy (non-hydrogen) atoms. The van der Waals surface area contributed by atoms with Crippen LogP contribution in [0.4, 0.5) is 5.69 Å². The summed E-state index contributed by atoms with van der Waals surface area (Å²) < 4.78 is 6.73. The van der Waals surface area contributed by atoms with Gasteiger partial charge in [-0.3, -0.25) is 4.79 Å². The largest absolute Gasteiger partial charge is 0.488 e. The average Bonchev–Trinajstić information content (AvgIpc) is 3.13. The SMILES string of the molecule is CCc1ccc(N[C@@H]2NC(=O)/C(=C/c3ccc(OCc4ccc(Cl)cc4)c(Br)c3)S2)cc1. The predicted octanol–water partition coefficient (Wildman–Crippen LogP) is 6.84. The molecule has 1 heterocycles. The molecule has 3 aromatic rings. The van der Waals surface area contributed by atoms with Crippen LogP contribution in [0.25, 0.3) is 6.08 Å². The first-order valence-corrected chi connectivity index (χ1v) is 12.3. The number of halogens is 2. The normalized spacial score (nSPS) is 16.8. The van der Waals surface area contributed by atoms with Crippen LogP contribution in [0, 0.1) is 0 Å². The van der Waals surface area contributed by atoms with Crippen LogP contribution in [-0.4, -0.2) is 11.4 Å². The first-order chi connectivity index (χ1) is 15.5. The van der Waals surface area contributed by atoms with E-state index in [1.165, 1.54) is 17.3 Å². The number of thioether (sulfide) groups is 1. The van der Waals surface area contributed by atoms with E-state index >= 15 is 0 Å². The molecule has 7 heteroatoms. The molecule has 2 N–H and O–H groups in total. The van der Waals surface area contributed by atoms with Gasteiger partial charge in [0.15, 0.2) is 5.50 Å². The second-order valence-corrected chi connectivity index (χ2v) is 9.72. The highest BCUT2D eigenvalue weighted by Gasteiger charge is 2.27. The van der Waals surface area contributed by atoms with E-state index in [1.807, 2.05) is 60.7 Å². The molecule has 1 saturated heterocycles. The third-order valence-electron chi connectivity index (χ3n) is 4.95. The van der Waals surface area contributed by atoms with Crippen molar-refractivity contribution < 1.29 is 9.53 Å². The van der Waals surface area contributed by atoms with Gasteiger partial charge in [0.05, 0.1) is 9.38 Å². The lowest BCUT2D eigenvalue weighted by Crippen LogP contribution is -2.30. The number of carbonyl (C=O) groups is 1. The molecule has 1 atom stereocenters. The molecule has 1 aliphatic heterocycles. The summed E-state index contributed by atoms with van der Waals surface area (Å²) in [5.74, 6) is 0.651. The van der Waals surface area contributed by atoms with E-state index in [-0.39, 0.29) is 11.4 Å². The fraction of sp³-hybridized carbons (Fsp3) is 0.160. The molecule has 1 aliphatic rings. The van der Waals surface area contributed by atoms with Gasteiger partial charge in [-0.2, -0.15) is 0 Å². The fourth-order valence-electron chi connectivity index (χ4n) is 3.17. The van der Waals surface area contributed by atoms with Crippen LogP contribution in [0.1, 0.15) is 23.6 Å². The van der Waals surface area contributed by atoms with Crippen LogP contribution >= 0.6 is 39.3 Å². The van der Waals surface area contributed by atoms with Crippen molar-refractivity contribution in [3.05, 3.63) is 97.8 Å². The zero-order chi connectivity index (χ0) is 22.5. The Hall–Kier alpha value is -2.41. The van der Waals surface area contributed by atoms with Gasteiger partial charge >= 0.3 is 0 Å². The van der Waals surface area contributed by atoms with Gasteiger partial charge in [0.25, 0.3) is 5.91 Å². The summed E-state index contributed by atoms with van der Waals surface area (Å²) >= 11 is 11.0. The topological polar surface area (TPSA) is 50.4 Å². The third kappa shape index (κ3) is 5.88. The second kappa shape index (κ2) is 10.5. The number of ether oxygens (including phenoxy) is 1. The van der Waals surface area contributed by atoms with Gasteiger partial charge in [-0.05, 0) is 81.5 Å². The second-order valence-electron chi connectivity index (χ2n) is 7.28. The molecule has 1 amide bonds. The quantitative estimate of drug-likeness (QED) is 0.329. The first-order valence-electron chi connectivity index (χ1n) is 10.2. The number of hydrogen-bond acceptors (Lipinski definition) is 4. The minimum atomic E-state index is -0.202. The molecule has 4 nitrogen and oxygen atoms in total. The highest BCUT2D eigenvalue weighted by molar-refractivity contribution is 9.10. The maximum Gasteiger partial charge on any atom is 0.260 e. The maximum absolute atomic E-state index is 12.4. The van der Waals surface area contributed by atoms with Crippen LogP contribution in [0.3, 0.4) is 0 Å². The number of hydrogen-bond donors (Lipinski definition) is 2. The number of benzene rings is 3. The number of rotatable bonds is 7. The Balaban J connectivity index is 1.38. The molecule has 0 aliphatic carbocycles. The van der Waals surface area contributed by atoms with E-state index in [9.17, 15) is 4.79 Å². The number of nitrogens with one attached hydrogen (secondary N) is 2. The minimum absolute atomic E-state index is 0.0862. The summed E-state index contributed by atoms with van der Waals surface area (Å²) in [4.78, 5) is 13.1. The molecule has 3 aromatic carbocycles. The van der Waals surface area contributed by atoms with E-state index in [0.29, 0.717) is 16.5 Å². The van der Waals surface area contributed by atoms with Crippen molar-refractivity contribution in [1.29, 1.82) is 0 Å². The van der Waals surface area contributed by atoms with Gasteiger partial charge in [-0.15, -0.1) is 0 Å². The summed E-state index contributed by atoms with van der Waals surface area (Å²) in [6, 6.07) is 21.6. The van der Waals surface area contributed by atoms with E-state index in [4.69, 9.17) is 16.3 Å². The lowest BCUT2D eigenvalue weighted by molar-refractivity contribution is -0.116. The summed E-state index contributed by atoms with van der Waals surface area (Å²) in [6.45, 7) is 2.57. The van der Waals surface area contributed by atoms with Crippen LogP contribution in [0.5, 0.6) is 5.75 Å². The Morgan fingerprint density at radius 3 is 2.50 bits per heavy atom. The van der Waals surface area contributed by atoms with Gasteiger partial charge in [0.1, 0.15) is 12.4 Å². The molecule has 164 valence electrons. The lowest BCUT2D eigenvalue weighted by Gasteiger charge is -2.12. The average molecular weight is 530 g/mol. The van der Waals surface area contributed by atoms with E-state index in [1.54, 1.807) is 0 Å². The summed E-state index contributed by atoms with van der Waals surface area (Å²) in [6.07, 6.45) is 2.89. The third-order valence-corrected chi connectivity index (χ3v) is 6.85. The van der Waals surface area contributed by atoms with Crippen LogP contribution in [0.15, 0.2) is 76.1 Å². The zero-order valence-electron chi connectivity index (χ0n) is 17.4. The summed E-state index contributed by atoms with van der Waals surface area (Å²) in [5.41, 5.74) is 4.01. The van der Waals surface area contributed by atoms with Crippen LogP contribution in [-0.2, 0) is 17.8 Å². The summed E-state index contributed by atoms with van der Waals surface area (Å²) in [7, 11) is 0. The number of aryl methyl sites for hydroxylation is 1. The molecule has 0 spiro atoms. The highest BCUT2D eigenvalue weighted by atomic mass is 79.9. The Morgan fingerprint density at radius 2 is 1.81 bits per heavy atom. The molecular weight excluding hydrogens is 508 g/mol. The van der Waals surface area contributed by atoms with Crippen molar-refractivity contribution in [2.24, 2.45) is 0 Å². The predicted molar refractivity (Wildman–Crippen MR) is 137 cm³/mol. The maximum atomic E-state index is 12.4. The summed E-state index contributed by atoms with van der Waals surface area (Å²) in [5, 5.41) is 7.02. The smallest absolute Gasteiger partial charge is 0.260 e. The van der Waals surface area contributed by atoms with Gasteiger partial charge in [-0.1, -0.05) is 60.6 Å². The lowest BCUT2D eigenvalue weighted by atomic mass is 10.1. The zero-order valence-corrected chi connectivity index (χ0v) is 20.6. The number of anilines is 1. The van der Waals surface area contributed by atoms with Crippen molar-refractivity contribution in [3.8, 4) is 5.75 Å². The van der Waals surface area contributed by atoms with E-state index in [0.717, 1.165) is 33.5 Å². The molecule has 4 rings (SSSR count). The van der Waals surface area contributed by atoms with Gasteiger partial charge in [-0.25, -0.2) is 0 Å². The van der Waals surface area contributed by atoms with Crippen molar-refractivity contribution >= 4 is 57.0 Å². The minimum Gasteiger partial charge on any atom is -0.488 e. The molecule has 0 bridgehead atoms. The highest BCUT2D eigenvalue weighted by Crippen LogP contribution is 2.32. The molecular formula is C25H22BrClN2O2S. The van der Waals surface area contributed by atoms with E-state index in [2.05, 4.69) is 45.6 Å². The number of amides is 1. The Kier molecular flexibility index (Phi) is 7.45. The fourth-order valence-corrected chi connectivity index (χ4v) is 4.79. The monoisotopic (exact) mass is 528 g/mol. The van der Waals surface area contributed by atoms with Crippen LogP contribution < -0.4 is 15.4 Å². The van der Waals surface area contributed by atoms with Crippen molar-refractivity contribution in [1.82, 2.24) is 5.32 Å². The van der Waals surface area contributed by atoms with Gasteiger partial charge in [0, 0.05) is 10.7 Å². The molecule has 1 fully saturated rings. The van der Waals surface area contributed by atoms with Crippen molar-refractivity contribution in [2.45, 2.75) is 25.4 Å². The Labute approximate surface area is 205 Å².